The maximum absolute atomic E-state index is 12.3. The van der Waals surface area contributed by atoms with Gasteiger partial charge in [-0.25, -0.2) is 0 Å². The van der Waals surface area contributed by atoms with Gasteiger partial charge in [-0.05, 0) is 44.9 Å². The highest BCUT2D eigenvalue weighted by molar-refractivity contribution is 9.09. The molecular weight excluding hydrogens is 318 g/mol. The van der Waals surface area contributed by atoms with Gasteiger partial charge in [-0.3, -0.25) is 4.79 Å². The Morgan fingerprint density at radius 3 is 2.30 bits per heavy atom. The lowest BCUT2D eigenvalue weighted by Gasteiger charge is -2.06. The van der Waals surface area contributed by atoms with Gasteiger partial charge in [0.15, 0.2) is 0 Å². The van der Waals surface area contributed by atoms with Crippen molar-refractivity contribution in [2.45, 2.75) is 27.2 Å². The SMILES string of the molecule is Cc1oc(C)c(C(=O)Nc2ccc(CCBr)cc2)c1C. The lowest BCUT2D eigenvalue weighted by Crippen LogP contribution is -2.13. The fourth-order valence-corrected chi connectivity index (χ4v) is 2.64. The van der Waals surface area contributed by atoms with E-state index in [1.54, 1.807) is 0 Å². The number of halogens is 1. The molecular formula is C16H18BrNO2. The first-order chi connectivity index (χ1) is 9.52. The first-order valence-corrected chi connectivity index (χ1v) is 7.68. The lowest BCUT2D eigenvalue weighted by molar-refractivity contribution is 0.102. The van der Waals surface area contributed by atoms with Crippen molar-refractivity contribution >= 4 is 27.5 Å². The summed E-state index contributed by atoms with van der Waals surface area (Å²) >= 11 is 3.41. The van der Waals surface area contributed by atoms with E-state index in [9.17, 15) is 4.79 Å². The first-order valence-electron chi connectivity index (χ1n) is 6.55. The number of benzene rings is 1. The third-order valence-electron chi connectivity index (χ3n) is 3.38. The zero-order valence-electron chi connectivity index (χ0n) is 11.9. The number of carbonyl (C=O) groups excluding carboxylic acids is 1. The molecule has 0 aliphatic heterocycles. The molecule has 0 spiro atoms. The highest BCUT2D eigenvalue weighted by Gasteiger charge is 2.18. The van der Waals surface area contributed by atoms with Crippen molar-refractivity contribution in [3.05, 3.63) is 52.5 Å². The van der Waals surface area contributed by atoms with E-state index in [4.69, 9.17) is 4.42 Å². The first kappa shape index (κ1) is 14.9. The Morgan fingerprint density at radius 1 is 1.15 bits per heavy atom. The molecule has 0 aliphatic rings. The van der Waals surface area contributed by atoms with E-state index in [0.29, 0.717) is 11.3 Å². The highest BCUT2D eigenvalue weighted by atomic mass is 79.9. The Bertz CT molecular complexity index is 614. The number of hydrogen-bond donors (Lipinski definition) is 1. The predicted octanol–water partition coefficient (Wildman–Crippen LogP) is 4.39. The average molecular weight is 336 g/mol. The molecule has 2 rings (SSSR count). The second-order valence-electron chi connectivity index (χ2n) is 4.80. The van der Waals surface area contributed by atoms with Crippen molar-refractivity contribution in [1.29, 1.82) is 0 Å². The van der Waals surface area contributed by atoms with E-state index >= 15 is 0 Å². The molecule has 0 aliphatic carbocycles. The summed E-state index contributed by atoms with van der Waals surface area (Å²) in [5, 5.41) is 3.85. The van der Waals surface area contributed by atoms with Crippen molar-refractivity contribution in [2.75, 3.05) is 10.6 Å². The second kappa shape index (κ2) is 6.27. The fraction of sp³-hybridized carbons (Fsp3) is 0.312. The molecule has 1 aromatic carbocycles. The third kappa shape index (κ3) is 3.12. The van der Waals surface area contributed by atoms with Crippen LogP contribution in [0.5, 0.6) is 0 Å². The lowest BCUT2D eigenvalue weighted by atomic mass is 10.1. The maximum atomic E-state index is 12.3. The Kier molecular flexibility index (Phi) is 4.65. The van der Waals surface area contributed by atoms with Crippen LogP contribution in [0.25, 0.3) is 0 Å². The Morgan fingerprint density at radius 2 is 1.80 bits per heavy atom. The van der Waals surface area contributed by atoms with E-state index in [0.717, 1.165) is 28.8 Å². The normalized spacial score (nSPS) is 10.6. The molecule has 1 N–H and O–H groups in total. The van der Waals surface area contributed by atoms with E-state index in [1.807, 2.05) is 45.0 Å². The van der Waals surface area contributed by atoms with Gasteiger partial charge in [-0.2, -0.15) is 0 Å². The zero-order chi connectivity index (χ0) is 14.7. The summed E-state index contributed by atoms with van der Waals surface area (Å²) in [5.41, 5.74) is 3.57. The number of carbonyl (C=O) groups is 1. The average Bonchev–Trinajstić information content (AvgIpc) is 2.66. The molecule has 0 saturated heterocycles. The number of alkyl halides is 1. The van der Waals surface area contributed by atoms with Crippen LogP contribution in [0, 0.1) is 20.8 Å². The number of hydrogen-bond acceptors (Lipinski definition) is 2. The Hall–Kier alpha value is -1.55. The fourth-order valence-electron chi connectivity index (χ4n) is 2.18. The minimum atomic E-state index is -0.120. The van der Waals surface area contributed by atoms with Crippen LogP contribution < -0.4 is 5.32 Å². The molecule has 0 bridgehead atoms. The summed E-state index contributed by atoms with van der Waals surface area (Å²) in [6.07, 6.45) is 0.980. The summed E-state index contributed by atoms with van der Waals surface area (Å²) < 4.78 is 5.49. The van der Waals surface area contributed by atoms with Crippen LogP contribution in [-0.4, -0.2) is 11.2 Å². The van der Waals surface area contributed by atoms with Gasteiger partial charge >= 0.3 is 0 Å². The molecule has 1 aromatic heterocycles. The number of amides is 1. The summed E-state index contributed by atoms with van der Waals surface area (Å²) in [6, 6.07) is 7.90. The monoisotopic (exact) mass is 335 g/mol. The van der Waals surface area contributed by atoms with Gasteiger partial charge in [-0.1, -0.05) is 28.1 Å². The third-order valence-corrected chi connectivity index (χ3v) is 3.78. The molecule has 0 fully saturated rings. The summed E-state index contributed by atoms with van der Waals surface area (Å²) in [6.45, 7) is 5.59. The van der Waals surface area contributed by atoms with Gasteiger partial charge in [0.25, 0.3) is 5.91 Å². The Labute approximate surface area is 127 Å². The molecule has 0 atom stereocenters. The van der Waals surface area contributed by atoms with Gasteiger partial charge < -0.3 is 9.73 Å². The predicted molar refractivity (Wildman–Crippen MR) is 84.8 cm³/mol. The molecule has 1 amide bonds. The van der Waals surface area contributed by atoms with E-state index < -0.39 is 0 Å². The van der Waals surface area contributed by atoms with Crippen LogP contribution in [0.15, 0.2) is 28.7 Å². The molecule has 0 unspecified atom stereocenters. The smallest absolute Gasteiger partial charge is 0.259 e. The topological polar surface area (TPSA) is 42.2 Å². The molecule has 2 aromatic rings. The van der Waals surface area contributed by atoms with Crippen LogP contribution in [0.1, 0.15) is 33.0 Å². The summed E-state index contributed by atoms with van der Waals surface area (Å²) in [4.78, 5) is 12.3. The van der Waals surface area contributed by atoms with Gasteiger partial charge in [0.1, 0.15) is 11.5 Å². The summed E-state index contributed by atoms with van der Waals surface area (Å²) in [7, 11) is 0. The standard InChI is InChI=1S/C16H18BrNO2/c1-10-11(2)20-12(3)15(10)16(19)18-14-6-4-13(5-7-14)8-9-17/h4-7H,8-9H2,1-3H3,(H,18,19). The van der Waals surface area contributed by atoms with E-state index in [-0.39, 0.29) is 5.91 Å². The van der Waals surface area contributed by atoms with E-state index in [2.05, 4.69) is 21.2 Å². The molecule has 0 saturated carbocycles. The summed E-state index contributed by atoms with van der Waals surface area (Å²) in [5.74, 6) is 1.33. The van der Waals surface area contributed by atoms with Gasteiger partial charge in [0, 0.05) is 16.6 Å². The van der Waals surface area contributed by atoms with Crippen LogP contribution in [-0.2, 0) is 6.42 Å². The minimum absolute atomic E-state index is 0.120. The quantitative estimate of drug-likeness (QED) is 0.841. The molecule has 0 radical (unpaired) electrons. The molecule has 20 heavy (non-hydrogen) atoms. The highest BCUT2D eigenvalue weighted by Crippen LogP contribution is 2.22. The molecule has 4 heteroatoms. The van der Waals surface area contributed by atoms with Crippen molar-refractivity contribution in [1.82, 2.24) is 0 Å². The molecule has 3 nitrogen and oxygen atoms in total. The number of furan rings is 1. The van der Waals surface area contributed by atoms with Crippen molar-refractivity contribution in [2.24, 2.45) is 0 Å². The van der Waals surface area contributed by atoms with E-state index in [1.165, 1.54) is 5.56 Å². The van der Waals surface area contributed by atoms with Gasteiger partial charge in [0.2, 0.25) is 0 Å². The van der Waals surface area contributed by atoms with Crippen molar-refractivity contribution < 1.29 is 9.21 Å². The van der Waals surface area contributed by atoms with Crippen molar-refractivity contribution in [3.8, 4) is 0 Å². The van der Waals surface area contributed by atoms with Crippen LogP contribution in [0.2, 0.25) is 0 Å². The largest absolute Gasteiger partial charge is 0.466 e. The van der Waals surface area contributed by atoms with Crippen LogP contribution in [0.4, 0.5) is 5.69 Å². The number of nitrogens with one attached hydrogen (secondary N) is 1. The number of aryl methyl sites for hydroxylation is 3. The maximum Gasteiger partial charge on any atom is 0.259 e. The minimum Gasteiger partial charge on any atom is -0.466 e. The van der Waals surface area contributed by atoms with Crippen LogP contribution in [0.3, 0.4) is 0 Å². The number of rotatable bonds is 4. The zero-order valence-corrected chi connectivity index (χ0v) is 13.5. The van der Waals surface area contributed by atoms with Crippen molar-refractivity contribution in [3.63, 3.8) is 0 Å². The molecule has 1 heterocycles. The second-order valence-corrected chi connectivity index (χ2v) is 5.60. The number of anilines is 1. The van der Waals surface area contributed by atoms with Crippen LogP contribution >= 0.6 is 15.9 Å². The Balaban J connectivity index is 2.15. The van der Waals surface area contributed by atoms with Gasteiger partial charge in [0.05, 0.1) is 5.56 Å². The van der Waals surface area contributed by atoms with Gasteiger partial charge in [-0.15, -0.1) is 0 Å². The molecule has 106 valence electrons.